The molecular formula is C19H18N4O3. The maximum atomic E-state index is 12.7. The van der Waals surface area contributed by atoms with Crippen LogP contribution in [0.4, 0.5) is 0 Å². The van der Waals surface area contributed by atoms with Gasteiger partial charge in [-0.2, -0.15) is 15.0 Å². The van der Waals surface area contributed by atoms with Gasteiger partial charge in [0, 0.05) is 6.20 Å². The van der Waals surface area contributed by atoms with E-state index in [2.05, 4.69) is 15.2 Å². The van der Waals surface area contributed by atoms with Crippen LogP contribution in [0.2, 0.25) is 0 Å². The van der Waals surface area contributed by atoms with Gasteiger partial charge in [0.25, 0.3) is 0 Å². The highest BCUT2D eigenvalue weighted by Crippen LogP contribution is 2.22. The molecule has 7 heteroatoms. The third kappa shape index (κ3) is 4.00. The Morgan fingerprint density at radius 3 is 2.50 bits per heavy atom. The van der Waals surface area contributed by atoms with Crippen LogP contribution in [-0.2, 0) is 6.54 Å². The summed E-state index contributed by atoms with van der Waals surface area (Å²) in [5.74, 6) is -0.206. The van der Waals surface area contributed by atoms with Crippen molar-refractivity contribution in [2.24, 2.45) is 0 Å². The number of ether oxygens (including phenoxy) is 1. The van der Waals surface area contributed by atoms with Crippen LogP contribution in [0, 0.1) is 6.92 Å². The van der Waals surface area contributed by atoms with E-state index in [1.54, 1.807) is 42.9 Å². The number of Topliss-reactive ketones (excluding diaryl/α,β-unsaturated/α-hetero) is 2. The van der Waals surface area contributed by atoms with Crippen molar-refractivity contribution in [3.05, 3.63) is 71.3 Å². The van der Waals surface area contributed by atoms with Crippen molar-refractivity contribution >= 4 is 11.6 Å². The fraction of sp³-hybridized carbons (Fsp3) is 0.211. The van der Waals surface area contributed by atoms with E-state index >= 15 is 0 Å². The van der Waals surface area contributed by atoms with E-state index in [9.17, 15) is 9.59 Å². The molecule has 0 saturated heterocycles. The molecule has 26 heavy (non-hydrogen) atoms. The number of aryl methyl sites for hydroxylation is 1. The summed E-state index contributed by atoms with van der Waals surface area (Å²) in [6.07, 6.45) is 4.47. The molecule has 132 valence electrons. The lowest BCUT2D eigenvalue weighted by Crippen LogP contribution is -2.12. The van der Waals surface area contributed by atoms with E-state index in [1.165, 1.54) is 11.9 Å². The molecule has 0 N–H and O–H groups in total. The largest absolute Gasteiger partial charge is 0.496 e. The van der Waals surface area contributed by atoms with Crippen molar-refractivity contribution in [3.63, 3.8) is 0 Å². The predicted octanol–water partition coefficient (Wildman–Crippen LogP) is 2.49. The maximum Gasteiger partial charge on any atom is 0.188 e. The highest BCUT2D eigenvalue weighted by molar-refractivity contribution is 6.13. The number of nitrogens with zero attached hydrogens (tertiary/aromatic N) is 4. The van der Waals surface area contributed by atoms with Gasteiger partial charge in [0.15, 0.2) is 11.6 Å². The molecule has 2 aromatic heterocycles. The number of carbonyl (C=O) groups excluding carboxylic acids is 2. The lowest BCUT2D eigenvalue weighted by Gasteiger charge is -2.10. The van der Waals surface area contributed by atoms with Gasteiger partial charge in [0.05, 0.1) is 38.0 Å². The number of aromatic nitrogens is 4. The number of benzene rings is 1. The van der Waals surface area contributed by atoms with Gasteiger partial charge in [0.2, 0.25) is 0 Å². The minimum atomic E-state index is -0.320. The zero-order chi connectivity index (χ0) is 18.5. The number of hydrogen-bond donors (Lipinski definition) is 0. The predicted molar refractivity (Wildman–Crippen MR) is 94.4 cm³/mol. The van der Waals surface area contributed by atoms with Gasteiger partial charge in [-0.15, -0.1) is 0 Å². The monoisotopic (exact) mass is 350 g/mol. The summed E-state index contributed by atoms with van der Waals surface area (Å²) in [4.78, 5) is 30.6. The average molecular weight is 350 g/mol. The highest BCUT2D eigenvalue weighted by atomic mass is 16.5. The van der Waals surface area contributed by atoms with Crippen molar-refractivity contribution in [2.45, 2.75) is 19.9 Å². The Bertz CT molecular complexity index is 936. The summed E-state index contributed by atoms with van der Waals surface area (Å²) >= 11 is 0. The Kier molecular flexibility index (Phi) is 5.17. The minimum Gasteiger partial charge on any atom is -0.496 e. The van der Waals surface area contributed by atoms with Crippen molar-refractivity contribution in [3.8, 4) is 5.75 Å². The molecule has 0 aliphatic heterocycles. The molecule has 3 rings (SSSR count). The van der Waals surface area contributed by atoms with E-state index in [4.69, 9.17) is 4.74 Å². The number of rotatable bonds is 7. The molecule has 0 radical (unpaired) electrons. The number of pyridine rings is 1. The molecular weight excluding hydrogens is 332 g/mol. The molecule has 0 spiro atoms. The van der Waals surface area contributed by atoms with Gasteiger partial charge >= 0.3 is 0 Å². The molecule has 3 aromatic rings. The van der Waals surface area contributed by atoms with E-state index in [0.717, 1.165) is 11.1 Å². The first-order chi connectivity index (χ1) is 12.6. The highest BCUT2D eigenvalue weighted by Gasteiger charge is 2.19. The second kappa shape index (κ2) is 7.69. The number of carbonyl (C=O) groups is 2. The zero-order valence-electron chi connectivity index (χ0n) is 14.5. The lowest BCUT2D eigenvalue weighted by atomic mass is 10.0. The summed E-state index contributed by atoms with van der Waals surface area (Å²) in [7, 11) is 1.49. The molecule has 0 amide bonds. The second-order valence-corrected chi connectivity index (χ2v) is 5.84. The molecule has 1 aromatic carbocycles. The lowest BCUT2D eigenvalue weighted by molar-refractivity contribution is 0.0890. The van der Waals surface area contributed by atoms with Gasteiger partial charge in [0.1, 0.15) is 11.4 Å². The Balaban J connectivity index is 1.81. The first kappa shape index (κ1) is 17.5. The number of ketones is 2. The summed E-state index contributed by atoms with van der Waals surface area (Å²) in [6.45, 7) is 2.29. The smallest absolute Gasteiger partial charge is 0.188 e. The Hall–Kier alpha value is -3.35. The summed E-state index contributed by atoms with van der Waals surface area (Å²) in [6, 6.07) is 8.73. The quantitative estimate of drug-likeness (QED) is 0.481. The van der Waals surface area contributed by atoms with Crippen LogP contribution in [0.5, 0.6) is 5.75 Å². The summed E-state index contributed by atoms with van der Waals surface area (Å²) < 4.78 is 5.28. The van der Waals surface area contributed by atoms with E-state index in [0.29, 0.717) is 17.9 Å². The first-order valence-corrected chi connectivity index (χ1v) is 8.07. The fourth-order valence-corrected chi connectivity index (χ4v) is 2.58. The standard InChI is InChI=1S/C19H18N4O3/c1-13-5-6-20-16(9-13)18(25)11-17(24)15-10-14(3-4-19(15)26-2)12-23-21-7-8-22-23/h3-10H,11-12H2,1-2H3. The molecule has 0 fully saturated rings. The summed E-state index contributed by atoms with van der Waals surface area (Å²) in [5.41, 5.74) is 2.40. The number of methoxy groups -OCH3 is 1. The van der Waals surface area contributed by atoms with Crippen molar-refractivity contribution in [2.75, 3.05) is 7.11 Å². The molecule has 0 aliphatic rings. The van der Waals surface area contributed by atoms with Crippen molar-refractivity contribution < 1.29 is 14.3 Å². The van der Waals surface area contributed by atoms with Gasteiger partial charge in [-0.05, 0) is 42.3 Å². The van der Waals surface area contributed by atoms with Crippen molar-refractivity contribution in [1.29, 1.82) is 0 Å². The van der Waals surface area contributed by atoms with Crippen LogP contribution in [-0.4, -0.2) is 38.7 Å². The maximum absolute atomic E-state index is 12.7. The second-order valence-electron chi connectivity index (χ2n) is 5.84. The van der Waals surface area contributed by atoms with E-state index in [1.807, 2.05) is 13.0 Å². The van der Waals surface area contributed by atoms with Crippen LogP contribution >= 0.6 is 0 Å². The molecule has 2 heterocycles. The third-order valence-electron chi connectivity index (χ3n) is 3.88. The van der Waals surface area contributed by atoms with Crippen LogP contribution in [0.25, 0.3) is 0 Å². The van der Waals surface area contributed by atoms with Gasteiger partial charge in [-0.25, -0.2) is 0 Å². The van der Waals surface area contributed by atoms with Crippen LogP contribution in [0.3, 0.4) is 0 Å². The van der Waals surface area contributed by atoms with E-state index in [-0.39, 0.29) is 23.7 Å². The topological polar surface area (TPSA) is 87.0 Å². The zero-order valence-corrected chi connectivity index (χ0v) is 14.5. The summed E-state index contributed by atoms with van der Waals surface area (Å²) in [5, 5.41) is 8.10. The molecule has 0 bridgehead atoms. The molecule has 0 saturated carbocycles. The fourth-order valence-electron chi connectivity index (χ4n) is 2.58. The average Bonchev–Trinajstić information content (AvgIpc) is 3.14. The Morgan fingerprint density at radius 2 is 1.81 bits per heavy atom. The van der Waals surface area contributed by atoms with Crippen molar-refractivity contribution in [1.82, 2.24) is 20.0 Å². The number of hydrogen-bond acceptors (Lipinski definition) is 6. The van der Waals surface area contributed by atoms with Crippen LogP contribution < -0.4 is 4.74 Å². The molecule has 0 atom stereocenters. The van der Waals surface area contributed by atoms with Crippen LogP contribution in [0.1, 0.15) is 38.4 Å². The van der Waals surface area contributed by atoms with Gasteiger partial charge in [-0.1, -0.05) is 6.07 Å². The Morgan fingerprint density at radius 1 is 1.04 bits per heavy atom. The molecule has 7 nitrogen and oxygen atoms in total. The normalized spacial score (nSPS) is 10.5. The molecule has 0 unspecified atom stereocenters. The third-order valence-corrected chi connectivity index (χ3v) is 3.88. The first-order valence-electron chi connectivity index (χ1n) is 8.07. The molecule has 0 aliphatic carbocycles. The Labute approximate surface area is 150 Å². The minimum absolute atomic E-state index is 0.268. The van der Waals surface area contributed by atoms with E-state index < -0.39 is 0 Å². The van der Waals surface area contributed by atoms with Gasteiger partial charge < -0.3 is 4.74 Å². The van der Waals surface area contributed by atoms with Crippen LogP contribution in [0.15, 0.2) is 48.9 Å². The SMILES string of the molecule is COc1ccc(Cn2nccn2)cc1C(=O)CC(=O)c1cc(C)ccn1. The van der Waals surface area contributed by atoms with Gasteiger partial charge in [-0.3, -0.25) is 14.6 Å².